The van der Waals surface area contributed by atoms with Gasteiger partial charge in [0.05, 0.1) is 24.8 Å². The molecule has 5 heteroatoms. The predicted octanol–water partition coefficient (Wildman–Crippen LogP) is 0.626. The summed E-state index contributed by atoms with van der Waals surface area (Å²) < 4.78 is 0. The van der Waals surface area contributed by atoms with Gasteiger partial charge in [0.25, 0.3) is 0 Å². The molecule has 0 spiro atoms. The van der Waals surface area contributed by atoms with Crippen LogP contribution in [-0.4, -0.2) is 21.6 Å². The maximum atomic E-state index is 4.93. The van der Waals surface area contributed by atoms with Crippen molar-refractivity contribution in [3.05, 3.63) is 18.2 Å². The highest BCUT2D eigenvalue weighted by atomic mass is 32.1. The summed E-state index contributed by atoms with van der Waals surface area (Å²) in [5.74, 6) is 0. The largest absolute Gasteiger partial charge is 0.343 e. The number of rotatable bonds is 3. The minimum Gasteiger partial charge on any atom is -0.343 e. The van der Waals surface area contributed by atoms with E-state index < -0.39 is 0 Å². The molecule has 1 aromatic heterocycles. The van der Waals surface area contributed by atoms with Crippen molar-refractivity contribution in [2.75, 3.05) is 6.61 Å². The summed E-state index contributed by atoms with van der Waals surface area (Å²) >= 11 is 4.93. The number of imidazole rings is 1. The summed E-state index contributed by atoms with van der Waals surface area (Å²) in [6.45, 7) is 2.46. The third kappa shape index (κ3) is 2.28. The maximum absolute atomic E-state index is 4.93. The number of nitrogens with zero attached hydrogens (tertiary/aromatic N) is 1. The van der Waals surface area contributed by atoms with Crippen molar-refractivity contribution in [2.24, 2.45) is 0 Å². The Morgan fingerprint density at radius 2 is 2.73 bits per heavy atom. The molecule has 2 N–H and O–H groups in total. The zero-order valence-electron chi connectivity index (χ0n) is 6.13. The predicted molar refractivity (Wildman–Crippen MR) is 45.0 cm³/mol. The van der Waals surface area contributed by atoms with Gasteiger partial charge in [-0.25, -0.2) is 4.98 Å². The second-order valence-corrected chi connectivity index (χ2v) is 2.24. The average molecular weight is 171 g/mol. The van der Waals surface area contributed by atoms with Gasteiger partial charge in [-0.2, -0.15) is 0 Å². The van der Waals surface area contributed by atoms with Gasteiger partial charge in [0.1, 0.15) is 4.99 Å². The number of nitrogens with one attached hydrogen (secondary N) is 2. The Bertz CT molecular complexity index is 222. The molecule has 0 radical (unpaired) electrons. The van der Waals surface area contributed by atoms with E-state index in [0.717, 1.165) is 5.69 Å². The minimum atomic E-state index is 0.518. The first-order valence-electron chi connectivity index (χ1n) is 3.25. The molecule has 0 aliphatic rings. The first-order chi connectivity index (χ1) is 5.34. The number of hydrogen-bond donors (Lipinski definition) is 2. The molecule has 60 valence electrons. The lowest BCUT2D eigenvalue weighted by molar-refractivity contribution is 0.0989. The van der Waals surface area contributed by atoms with E-state index in [1.165, 1.54) is 0 Å². The Hall–Kier alpha value is -0.940. The van der Waals surface area contributed by atoms with Crippen LogP contribution in [0.5, 0.6) is 0 Å². The molecular formula is C6H9N3OS. The first-order valence-corrected chi connectivity index (χ1v) is 3.66. The molecule has 0 amide bonds. The lowest BCUT2D eigenvalue weighted by Crippen LogP contribution is -2.22. The highest BCUT2D eigenvalue weighted by Crippen LogP contribution is 1.91. The van der Waals surface area contributed by atoms with Crippen LogP contribution in [0.3, 0.4) is 0 Å². The highest BCUT2D eigenvalue weighted by Gasteiger charge is 1.99. The SMILES string of the molecule is CCONC(=S)c1cnc[nH]1. The lowest BCUT2D eigenvalue weighted by Gasteiger charge is -2.02. The van der Waals surface area contributed by atoms with Gasteiger partial charge in [-0.1, -0.05) is 12.2 Å². The van der Waals surface area contributed by atoms with Crippen LogP contribution in [-0.2, 0) is 4.84 Å². The van der Waals surface area contributed by atoms with Gasteiger partial charge < -0.3 is 4.98 Å². The van der Waals surface area contributed by atoms with Crippen LogP contribution < -0.4 is 5.48 Å². The molecule has 0 unspecified atom stereocenters. The molecule has 1 rings (SSSR count). The van der Waals surface area contributed by atoms with Gasteiger partial charge in [0, 0.05) is 0 Å². The van der Waals surface area contributed by atoms with Gasteiger partial charge in [-0.05, 0) is 6.92 Å². The summed E-state index contributed by atoms with van der Waals surface area (Å²) in [5, 5.41) is 0. The van der Waals surface area contributed by atoms with Crippen molar-refractivity contribution >= 4 is 17.2 Å². The van der Waals surface area contributed by atoms with Crippen LogP contribution in [0, 0.1) is 0 Å². The number of hydrogen-bond acceptors (Lipinski definition) is 3. The van der Waals surface area contributed by atoms with Crippen molar-refractivity contribution in [3.8, 4) is 0 Å². The molecule has 0 aliphatic heterocycles. The zero-order chi connectivity index (χ0) is 8.10. The van der Waals surface area contributed by atoms with Crippen LogP contribution >= 0.6 is 12.2 Å². The number of aromatic amines is 1. The number of thiocarbonyl (C=S) groups is 1. The van der Waals surface area contributed by atoms with Crippen LogP contribution in [0.25, 0.3) is 0 Å². The number of hydroxylamine groups is 1. The van der Waals surface area contributed by atoms with E-state index in [-0.39, 0.29) is 0 Å². The smallest absolute Gasteiger partial charge is 0.148 e. The third-order valence-corrected chi connectivity index (χ3v) is 1.36. The van der Waals surface area contributed by atoms with Gasteiger partial charge in [-0.15, -0.1) is 0 Å². The monoisotopic (exact) mass is 171 g/mol. The topological polar surface area (TPSA) is 49.9 Å². The van der Waals surface area contributed by atoms with Crippen LogP contribution in [0.1, 0.15) is 12.6 Å². The van der Waals surface area contributed by atoms with E-state index in [2.05, 4.69) is 15.4 Å². The fourth-order valence-corrected chi connectivity index (χ4v) is 0.743. The number of aromatic nitrogens is 2. The van der Waals surface area contributed by atoms with E-state index in [0.29, 0.717) is 11.6 Å². The van der Waals surface area contributed by atoms with Gasteiger partial charge in [-0.3, -0.25) is 10.3 Å². The van der Waals surface area contributed by atoms with Crippen LogP contribution in [0.15, 0.2) is 12.5 Å². The van der Waals surface area contributed by atoms with Gasteiger partial charge in [0.15, 0.2) is 0 Å². The summed E-state index contributed by atoms with van der Waals surface area (Å²) in [6, 6.07) is 0. The molecular weight excluding hydrogens is 162 g/mol. The van der Waals surface area contributed by atoms with E-state index in [4.69, 9.17) is 17.1 Å². The molecule has 0 bridgehead atoms. The lowest BCUT2D eigenvalue weighted by atomic mass is 10.5. The molecule has 1 heterocycles. The third-order valence-electron chi connectivity index (χ3n) is 1.05. The van der Waals surface area contributed by atoms with E-state index >= 15 is 0 Å². The summed E-state index contributed by atoms with van der Waals surface area (Å²) in [5.41, 5.74) is 3.35. The van der Waals surface area contributed by atoms with E-state index in [1.807, 2.05) is 6.92 Å². The molecule has 0 saturated heterocycles. The first kappa shape index (κ1) is 8.16. The normalized spacial score (nSPS) is 9.55. The summed E-state index contributed by atoms with van der Waals surface area (Å²) in [7, 11) is 0. The Morgan fingerprint density at radius 1 is 1.91 bits per heavy atom. The quantitative estimate of drug-likeness (QED) is 0.517. The molecule has 4 nitrogen and oxygen atoms in total. The number of H-pyrrole nitrogens is 1. The molecule has 0 aromatic carbocycles. The molecule has 0 aliphatic carbocycles. The standard InChI is InChI=1S/C6H9N3OS/c1-2-10-9-6(11)5-3-7-4-8-5/h3-4H,2H2,1H3,(H,7,8)(H,9,11). The average Bonchev–Trinajstić information content (AvgIpc) is 2.52. The zero-order valence-corrected chi connectivity index (χ0v) is 6.94. The Morgan fingerprint density at radius 3 is 3.27 bits per heavy atom. The van der Waals surface area contributed by atoms with Crippen molar-refractivity contribution in [2.45, 2.75) is 6.92 Å². The van der Waals surface area contributed by atoms with E-state index in [9.17, 15) is 0 Å². The van der Waals surface area contributed by atoms with Gasteiger partial charge in [0.2, 0.25) is 0 Å². The molecule has 1 aromatic rings. The fourth-order valence-electron chi connectivity index (χ4n) is 0.573. The van der Waals surface area contributed by atoms with Crippen molar-refractivity contribution in [1.29, 1.82) is 0 Å². The second-order valence-electron chi connectivity index (χ2n) is 1.83. The Kier molecular flexibility index (Phi) is 3.00. The maximum Gasteiger partial charge on any atom is 0.148 e. The van der Waals surface area contributed by atoms with Crippen LogP contribution in [0.4, 0.5) is 0 Å². The van der Waals surface area contributed by atoms with Crippen molar-refractivity contribution in [1.82, 2.24) is 15.4 Å². The molecule has 0 saturated carbocycles. The van der Waals surface area contributed by atoms with Crippen LogP contribution in [0.2, 0.25) is 0 Å². The highest BCUT2D eigenvalue weighted by molar-refractivity contribution is 7.80. The van der Waals surface area contributed by atoms with Gasteiger partial charge >= 0.3 is 0 Å². The van der Waals surface area contributed by atoms with E-state index in [1.54, 1.807) is 12.5 Å². The molecule has 0 fully saturated rings. The van der Waals surface area contributed by atoms with Crippen molar-refractivity contribution in [3.63, 3.8) is 0 Å². The Balaban J connectivity index is 2.43. The summed E-state index contributed by atoms with van der Waals surface area (Å²) in [4.78, 5) is 12.1. The minimum absolute atomic E-state index is 0.518. The Labute approximate surface area is 69.9 Å². The molecule has 11 heavy (non-hydrogen) atoms. The fraction of sp³-hybridized carbons (Fsp3) is 0.333. The van der Waals surface area contributed by atoms with Crippen molar-refractivity contribution < 1.29 is 4.84 Å². The molecule has 0 atom stereocenters. The second kappa shape index (κ2) is 4.05. The summed E-state index contributed by atoms with van der Waals surface area (Å²) in [6.07, 6.45) is 3.20.